The number of hydrogen-bond donors (Lipinski definition) is 1. The molecular weight excluding hydrogens is 484 g/mol. The molecule has 0 amide bonds. The monoisotopic (exact) mass is 525 g/mol. The van der Waals surface area contributed by atoms with Crippen molar-refractivity contribution in [2.75, 3.05) is 5.49 Å². The van der Waals surface area contributed by atoms with Gasteiger partial charge in [0.05, 0.1) is 10.3 Å². The van der Waals surface area contributed by atoms with Crippen LogP contribution in [-0.4, -0.2) is 33.8 Å². The van der Waals surface area contributed by atoms with Gasteiger partial charge in [-0.1, -0.05) is 32.8 Å². The maximum Gasteiger partial charge on any atom is 0.299 e. The van der Waals surface area contributed by atoms with Gasteiger partial charge in [0.2, 0.25) is 0 Å². The molecule has 0 aliphatic heterocycles. The Balaban J connectivity index is -0.000000525. The van der Waals surface area contributed by atoms with Crippen molar-refractivity contribution in [1.82, 2.24) is 4.98 Å². The Morgan fingerprint density at radius 1 is 0.964 bits per heavy atom. The van der Waals surface area contributed by atoms with E-state index in [0.717, 1.165) is 37.1 Å². The molecule has 1 heterocycles. The van der Waals surface area contributed by atoms with Gasteiger partial charge in [0.25, 0.3) is 10.1 Å². The molecule has 7 heteroatoms. The van der Waals surface area contributed by atoms with Gasteiger partial charge in [0, 0.05) is 39.7 Å². The van der Waals surface area contributed by atoms with E-state index in [1.165, 1.54) is 0 Å². The number of hydrogen-bond acceptors (Lipinski definition) is 3. The number of pyridine rings is 1. The van der Waals surface area contributed by atoms with E-state index < -0.39 is 18.0 Å². The molecule has 0 saturated carbocycles. The van der Waals surface area contributed by atoms with E-state index in [0.29, 0.717) is 0 Å². The Morgan fingerprint density at radius 3 is 1.54 bits per heavy atom. The molecule has 0 aliphatic rings. The third kappa shape index (κ3) is 13.4. The van der Waals surface area contributed by atoms with Crippen LogP contribution < -0.4 is 0 Å². The minimum atomic E-state index is -3.88. The van der Waals surface area contributed by atoms with Crippen LogP contribution >= 0.6 is 7.92 Å². The van der Waals surface area contributed by atoms with E-state index in [1.807, 2.05) is 32.0 Å². The molecule has 0 bridgehead atoms. The second-order valence-electron chi connectivity index (χ2n) is 8.39. The Bertz CT molecular complexity index is 614. The first kappa shape index (κ1) is 32.8. The average molecular weight is 526 g/mol. The summed E-state index contributed by atoms with van der Waals surface area (Å²) >= 11 is 0. The fourth-order valence-corrected chi connectivity index (χ4v) is 11.2. The number of aryl methyl sites for hydroxylation is 2. The van der Waals surface area contributed by atoms with Crippen molar-refractivity contribution in [3.8, 4) is 0 Å². The fourth-order valence-electron chi connectivity index (χ4n) is 3.72. The van der Waals surface area contributed by atoms with Crippen LogP contribution in [0.1, 0.15) is 78.6 Å². The molecule has 0 saturated heterocycles. The van der Waals surface area contributed by atoms with Gasteiger partial charge in [-0.05, 0) is 66.5 Å². The van der Waals surface area contributed by atoms with E-state index in [1.54, 1.807) is 0 Å². The number of aromatic nitrogens is 1. The quantitative estimate of drug-likeness (QED) is 0.186. The number of rotatable bonds is 8. The molecule has 0 radical (unpaired) electrons. The third-order valence-corrected chi connectivity index (χ3v) is 11.1. The summed E-state index contributed by atoms with van der Waals surface area (Å²) in [5.74, 6) is 0. The molecule has 0 aromatic carbocycles. The Kier molecular flexibility index (Phi) is 16.6. The van der Waals surface area contributed by atoms with Crippen molar-refractivity contribution in [2.24, 2.45) is 0 Å². The van der Waals surface area contributed by atoms with E-state index in [2.05, 4.69) is 46.5 Å². The summed E-state index contributed by atoms with van der Waals surface area (Å²) in [7, 11) is -5.10. The van der Waals surface area contributed by atoms with Gasteiger partial charge in [0.1, 0.15) is 0 Å². The molecule has 1 rings (SSSR count). The van der Waals surface area contributed by atoms with E-state index in [4.69, 9.17) is 0 Å². The maximum absolute atomic E-state index is 11.3. The maximum atomic E-state index is 11.3. The van der Waals surface area contributed by atoms with Crippen molar-refractivity contribution in [3.63, 3.8) is 0 Å². The molecule has 0 aliphatic carbocycles. The molecule has 1 N–H and O–H groups in total. The van der Waals surface area contributed by atoms with Crippen LogP contribution in [0.15, 0.2) is 18.2 Å². The summed E-state index contributed by atoms with van der Waals surface area (Å²) in [6.45, 7) is 16.9. The fraction of sp³-hybridized carbons (Fsp3) is 0.714. The second kappa shape index (κ2) is 14.2. The van der Waals surface area contributed by atoms with Crippen LogP contribution in [0.2, 0.25) is 0 Å². The molecule has 0 atom stereocenters. The Hall–Kier alpha value is 0.152. The predicted octanol–water partition coefficient (Wildman–Crippen LogP) is 6.35. The zero-order valence-corrected chi connectivity index (χ0v) is 22.6. The molecule has 28 heavy (non-hydrogen) atoms. The normalized spacial score (nSPS) is 11.8. The van der Waals surface area contributed by atoms with E-state index >= 15 is 0 Å². The van der Waals surface area contributed by atoms with Gasteiger partial charge < -0.3 is 7.43 Å². The summed E-state index contributed by atoms with van der Waals surface area (Å²) in [6.07, 6.45) is 4.14. The van der Waals surface area contributed by atoms with Gasteiger partial charge in [0.15, 0.2) is 5.49 Å². The minimum absolute atomic E-state index is 0. The standard InChI is InChI=1S/C13H29O3PS.C7H9N.CH3.Pd/c1-7-9-12(3,4)17(11-18(14,15)16)13(5,6)10-8-2;1-6-4-3-5-7(2)8-6;;/h7-11H2,1-6H3,(H,14,15,16);3-5H,1-2H3;1H3;/q;;-1;/p+1. The predicted molar refractivity (Wildman–Crippen MR) is 123 cm³/mol. The van der Waals surface area contributed by atoms with Crippen LogP contribution in [0.5, 0.6) is 0 Å². The van der Waals surface area contributed by atoms with Crippen molar-refractivity contribution >= 4 is 18.0 Å². The topological polar surface area (TPSA) is 67.3 Å². The molecule has 4 nitrogen and oxygen atoms in total. The summed E-state index contributed by atoms with van der Waals surface area (Å²) in [5.41, 5.74) is 2.15. The van der Waals surface area contributed by atoms with Crippen molar-refractivity contribution in [1.29, 1.82) is 0 Å². The molecule has 0 fully saturated rings. The van der Waals surface area contributed by atoms with Crippen LogP contribution in [0.3, 0.4) is 0 Å². The minimum Gasteiger partial charge on any atom is -0.358 e. The molecule has 1 aromatic heterocycles. The van der Waals surface area contributed by atoms with Gasteiger partial charge in [-0.3, -0.25) is 9.54 Å². The zero-order valence-electron chi connectivity index (χ0n) is 19.2. The Labute approximate surface area is 189 Å². The number of nitrogens with zero attached hydrogens (tertiary/aromatic N) is 1. The van der Waals surface area contributed by atoms with E-state index in [-0.39, 0.29) is 43.7 Å². The summed E-state index contributed by atoms with van der Waals surface area (Å²) < 4.78 is 31.9. The van der Waals surface area contributed by atoms with Crippen molar-refractivity contribution < 1.29 is 33.4 Å². The summed E-state index contributed by atoms with van der Waals surface area (Å²) in [6, 6.07) is 6.00. The van der Waals surface area contributed by atoms with Crippen molar-refractivity contribution in [3.05, 3.63) is 37.0 Å². The first-order valence-corrected chi connectivity index (χ1v) is 12.8. The Morgan fingerprint density at radius 2 is 1.32 bits per heavy atom. The van der Waals surface area contributed by atoms with Crippen LogP contribution in [0.25, 0.3) is 0 Å². The molecular formula is C21H42NO3PPdS. The smallest absolute Gasteiger partial charge is 0.299 e. The van der Waals surface area contributed by atoms with Crippen LogP contribution in [0.4, 0.5) is 0 Å². The molecule has 0 unspecified atom stereocenters. The van der Waals surface area contributed by atoms with Gasteiger partial charge in [-0.2, -0.15) is 8.42 Å². The summed E-state index contributed by atoms with van der Waals surface area (Å²) in [5, 5.41) is 0.0434. The average Bonchev–Trinajstić information content (AvgIpc) is 2.44. The van der Waals surface area contributed by atoms with Crippen LogP contribution in [0, 0.1) is 21.3 Å². The zero-order chi connectivity index (χ0) is 20.6. The molecule has 170 valence electrons. The SMILES string of the molecule is CCCC(C)(C)[PH+](CS(=O)(=O)O)C(C)(C)CCC.Cc1cccc(C)n1.[CH3-].[Pd]. The first-order valence-electron chi connectivity index (χ1n) is 9.47. The van der Waals surface area contributed by atoms with Gasteiger partial charge in [-0.15, -0.1) is 0 Å². The van der Waals surface area contributed by atoms with E-state index in [9.17, 15) is 13.0 Å². The first-order chi connectivity index (χ1) is 11.7. The largest absolute Gasteiger partial charge is 0.358 e. The molecule has 1 aromatic rings. The van der Waals surface area contributed by atoms with Crippen molar-refractivity contribution in [2.45, 2.75) is 91.4 Å². The summed E-state index contributed by atoms with van der Waals surface area (Å²) in [4.78, 5) is 4.17. The van der Waals surface area contributed by atoms with Crippen LogP contribution in [-0.2, 0) is 30.5 Å². The van der Waals surface area contributed by atoms with Gasteiger partial charge >= 0.3 is 0 Å². The van der Waals surface area contributed by atoms with Gasteiger partial charge in [-0.25, -0.2) is 0 Å². The third-order valence-electron chi connectivity index (χ3n) is 4.74. The molecule has 0 spiro atoms. The second-order valence-corrected chi connectivity index (χ2v) is 14.4.